The van der Waals surface area contributed by atoms with Crippen molar-refractivity contribution in [1.82, 2.24) is 0 Å². The first-order chi connectivity index (χ1) is 13.8. The van der Waals surface area contributed by atoms with Gasteiger partial charge in [0.15, 0.2) is 6.61 Å². The van der Waals surface area contributed by atoms with E-state index in [0.717, 1.165) is 0 Å². The van der Waals surface area contributed by atoms with Crippen LogP contribution in [0.2, 0.25) is 10.0 Å². The van der Waals surface area contributed by atoms with E-state index in [4.69, 9.17) is 32.7 Å². The second-order valence-corrected chi connectivity index (χ2v) is 7.27. The molecule has 1 fully saturated rings. The fourth-order valence-corrected chi connectivity index (χ4v) is 3.65. The van der Waals surface area contributed by atoms with Crippen LogP contribution in [0.25, 0.3) is 0 Å². The van der Waals surface area contributed by atoms with E-state index < -0.39 is 10.8 Å². The van der Waals surface area contributed by atoms with Gasteiger partial charge in [0.1, 0.15) is 5.75 Å². The van der Waals surface area contributed by atoms with Gasteiger partial charge in [-0.2, -0.15) is 0 Å². The minimum Gasteiger partial charge on any atom is -0.482 e. The highest BCUT2D eigenvalue weighted by atomic mass is 35.5. The van der Waals surface area contributed by atoms with E-state index in [9.17, 15) is 14.9 Å². The third-order valence-corrected chi connectivity index (χ3v) is 4.86. The Morgan fingerprint density at radius 1 is 1.28 bits per heavy atom. The van der Waals surface area contributed by atoms with Gasteiger partial charge in [-0.25, -0.2) is 0 Å². The number of non-ortho nitro benzene ring substituents is 1. The van der Waals surface area contributed by atoms with Crippen molar-refractivity contribution in [1.29, 1.82) is 0 Å². The number of benzene rings is 2. The van der Waals surface area contributed by atoms with Gasteiger partial charge in [-0.15, -0.1) is 0 Å². The summed E-state index contributed by atoms with van der Waals surface area (Å²) in [6, 6.07) is 7.54. The molecule has 0 aliphatic carbocycles. The number of hydrogen-bond donors (Lipinski definition) is 1. The molecule has 10 heteroatoms. The molecule has 1 heterocycles. The standard InChI is InChI=1S/C19H19Cl2N3O5/c1-12-8-13(20)9-15(21)19(12)29-11-18(25)22-16-3-2-14(24(26)27)10-17(16)23-4-6-28-7-5-23/h2-3,8-10H,4-7,11H2,1H3,(H,22,25). The maximum atomic E-state index is 12.4. The lowest BCUT2D eigenvalue weighted by Crippen LogP contribution is -2.37. The fraction of sp³-hybridized carbons (Fsp3) is 0.316. The second kappa shape index (κ2) is 9.30. The monoisotopic (exact) mass is 439 g/mol. The Kier molecular flexibility index (Phi) is 6.79. The van der Waals surface area contributed by atoms with Crippen LogP contribution in [0.3, 0.4) is 0 Å². The van der Waals surface area contributed by atoms with E-state index in [0.29, 0.717) is 59.0 Å². The summed E-state index contributed by atoms with van der Waals surface area (Å²) in [5.74, 6) is -0.0397. The van der Waals surface area contributed by atoms with E-state index in [1.807, 2.05) is 4.90 Å². The molecule has 8 nitrogen and oxygen atoms in total. The van der Waals surface area contributed by atoms with Crippen LogP contribution in [0, 0.1) is 17.0 Å². The number of carbonyl (C=O) groups excluding carboxylic acids is 1. The Bertz CT molecular complexity index is 909. The minimum atomic E-state index is -0.468. The Hall–Kier alpha value is -2.55. The highest BCUT2D eigenvalue weighted by Gasteiger charge is 2.20. The van der Waals surface area contributed by atoms with Gasteiger partial charge >= 0.3 is 0 Å². The fourth-order valence-electron chi connectivity index (χ4n) is 3.00. The number of amides is 1. The highest BCUT2D eigenvalue weighted by molar-refractivity contribution is 6.35. The zero-order valence-corrected chi connectivity index (χ0v) is 17.1. The Balaban J connectivity index is 1.75. The Morgan fingerprint density at radius 3 is 2.66 bits per heavy atom. The van der Waals surface area contributed by atoms with Crippen molar-refractivity contribution in [3.05, 3.63) is 56.1 Å². The second-order valence-electron chi connectivity index (χ2n) is 6.43. The van der Waals surface area contributed by atoms with E-state index in [1.165, 1.54) is 24.3 Å². The van der Waals surface area contributed by atoms with Crippen molar-refractivity contribution < 1.29 is 19.2 Å². The molecule has 29 heavy (non-hydrogen) atoms. The smallest absolute Gasteiger partial charge is 0.271 e. The predicted molar refractivity (Wildman–Crippen MR) is 111 cm³/mol. The van der Waals surface area contributed by atoms with E-state index in [-0.39, 0.29) is 12.3 Å². The van der Waals surface area contributed by atoms with Gasteiger partial charge in [0.25, 0.3) is 11.6 Å². The number of nitrogens with one attached hydrogen (secondary N) is 1. The number of ether oxygens (including phenoxy) is 2. The molecule has 3 rings (SSSR count). The van der Waals surface area contributed by atoms with Crippen LogP contribution in [0.1, 0.15) is 5.56 Å². The quantitative estimate of drug-likeness (QED) is 0.538. The van der Waals surface area contributed by atoms with Gasteiger partial charge < -0.3 is 19.7 Å². The normalized spacial score (nSPS) is 13.8. The van der Waals surface area contributed by atoms with Crippen LogP contribution < -0.4 is 15.0 Å². The van der Waals surface area contributed by atoms with Crippen LogP contribution in [0.5, 0.6) is 5.75 Å². The maximum Gasteiger partial charge on any atom is 0.271 e. The summed E-state index contributed by atoms with van der Waals surface area (Å²) >= 11 is 12.1. The summed E-state index contributed by atoms with van der Waals surface area (Å²) in [7, 11) is 0. The number of hydrogen-bond acceptors (Lipinski definition) is 6. The molecule has 0 spiro atoms. The van der Waals surface area contributed by atoms with Gasteiger partial charge in [0.2, 0.25) is 0 Å². The molecular formula is C19H19Cl2N3O5. The zero-order valence-electron chi connectivity index (χ0n) is 15.6. The van der Waals surface area contributed by atoms with Crippen LogP contribution in [-0.4, -0.2) is 43.7 Å². The van der Waals surface area contributed by atoms with Crippen molar-refractivity contribution in [2.24, 2.45) is 0 Å². The number of morpholine rings is 1. The summed E-state index contributed by atoms with van der Waals surface area (Å²) in [6.07, 6.45) is 0. The average molecular weight is 440 g/mol. The summed E-state index contributed by atoms with van der Waals surface area (Å²) in [6.45, 7) is 3.65. The first-order valence-electron chi connectivity index (χ1n) is 8.84. The molecule has 0 radical (unpaired) electrons. The lowest BCUT2D eigenvalue weighted by Gasteiger charge is -2.30. The maximum absolute atomic E-state index is 12.4. The molecule has 0 atom stereocenters. The van der Waals surface area contributed by atoms with Crippen LogP contribution >= 0.6 is 23.2 Å². The number of rotatable bonds is 6. The van der Waals surface area contributed by atoms with Crippen LogP contribution in [0.4, 0.5) is 17.1 Å². The van der Waals surface area contributed by atoms with Gasteiger partial charge in [-0.1, -0.05) is 23.2 Å². The molecule has 0 aromatic heterocycles. The topological polar surface area (TPSA) is 93.9 Å². The van der Waals surface area contributed by atoms with Crippen molar-refractivity contribution in [2.45, 2.75) is 6.92 Å². The van der Waals surface area contributed by atoms with Crippen molar-refractivity contribution >= 4 is 46.2 Å². The summed E-state index contributed by atoms with van der Waals surface area (Å²) < 4.78 is 10.9. The van der Waals surface area contributed by atoms with Gasteiger partial charge in [-0.3, -0.25) is 14.9 Å². The number of carbonyl (C=O) groups is 1. The van der Waals surface area contributed by atoms with Crippen LogP contribution in [-0.2, 0) is 9.53 Å². The molecule has 2 aromatic carbocycles. The molecule has 1 amide bonds. The summed E-state index contributed by atoms with van der Waals surface area (Å²) in [4.78, 5) is 25.1. The SMILES string of the molecule is Cc1cc(Cl)cc(Cl)c1OCC(=O)Nc1ccc([N+](=O)[O-])cc1N1CCOCC1. The molecule has 2 aromatic rings. The molecule has 1 aliphatic heterocycles. The minimum absolute atomic E-state index is 0.0516. The molecule has 1 saturated heterocycles. The number of halogens is 2. The van der Waals surface area contributed by atoms with Gasteiger partial charge in [0, 0.05) is 30.2 Å². The Labute approximate surface area is 177 Å². The number of anilines is 2. The van der Waals surface area contributed by atoms with Crippen molar-refractivity contribution in [3.8, 4) is 5.75 Å². The third kappa shape index (κ3) is 5.29. The predicted octanol–water partition coefficient (Wildman–Crippen LogP) is 4.06. The number of nitro benzene ring substituents is 1. The molecule has 0 bridgehead atoms. The molecule has 0 unspecified atom stereocenters. The van der Waals surface area contributed by atoms with Gasteiger partial charge in [-0.05, 0) is 30.7 Å². The van der Waals surface area contributed by atoms with E-state index in [2.05, 4.69) is 5.32 Å². The van der Waals surface area contributed by atoms with Gasteiger partial charge in [0.05, 0.1) is 34.5 Å². The summed E-state index contributed by atoms with van der Waals surface area (Å²) in [5, 5.41) is 14.7. The molecule has 154 valence electrons. The highest BCUT2D eigenvalue weighted by Crippen LogP contribution is 2.33. The Morgan fingerprint density at radius 2 is 2.00 bits per heavy atom. The third-order valence-electron chi connectivity index (χ3n) is 4.36. The van der Waals surface area contributed by atoms with Crippen molar-refractivity contribution in [2.75, 3.05) is 43.1 Å². The van der Waals surface area contributed by atoms with Crippen molar-refractivity contribution in [3.63, 3.8) is 0 Å². The number of nitrogens with zero attached hydrogens (tertiary/aromatic N) is 2. The average Bonchev–Trinajstić information content (AvgIpc) is 2.68. The summed E-state index contributed by atoms with van der Waals surface area (Å²) in [5.41, 5.74) is 1.69. The zero-order chi connectivity index (χ0) is 21.0. The van der Waals surface area contributed by atoms with E-state index in [1.54, 1.807) is 13.0 Å². The van der Waals surface area contributed by atoms with E-state index >= 15 is 0 Å². The molecule has 1 aliphatic rings. The first-order valence-corrected chi connectivity index (χ1v) is 9.60. The van der Waals surface area contributed by atoms with Crippen LogP contribution in [0.15, 0.2) is 30.3 Å². The first kappa shape index (κ1) is 21.2. The largest absolute Gasteiger partial charge is 0.482 e. The molecule has 0 saturated carbocycles. The number of nitro groups is 1. The molecule has 1 N–H and O–H groups in total. The number of aryl methyl sites for hydroxylation is 1. The lowest BCUT2D eigenvalue weighted by atomic mass is 10.2. The molecular weight excluding hydrogens is 421 g/mol. The lowest BCUT2D eigenvalue weighted by molar-refractivity contribution is -0.384.